The van der Waals surface area contributed by atoms with Gasteiger partial charge in [-0.25, -0.2) is 0 Å². The highest BCUT2D eigenvalue weighted by Gasteiger charge is 2.14. The third-order valence-corrected chi connectivity index (χ3v) is 2.89. The van der Waals surface area contributed by atoms with E-state index in [9.17, 15) is 0 Å². The molecule has 0 saturated carbocycles. The molecule has 0 aromatic carbocycles. The van der Waals surface area contributed by atoms with Gasteiger partial charge in [0.1, 0.15) is 0 Å². The molecule has 0 radical (unpaired) electrons. The summed E-state index contributed by atoms with van der Waals surface area (Å²) in [6, 6.07) is 0.667. The zero-order valence-corrected chi connectivity index (χ0v) is 12.5. The summed E-state index contributed by atoms with van der Waals surface area (Å²) in [5.41, 5.74) is 0. The maximum Gasteiger partial charge on any atom is 0.322 e. The van der Waals surface area contributed by atoms with Gasteiger partial charge in [0.05, 0.1) is 7.11 Å². The second kappa shape index (κ2) is 7.76. The zero-order valence-electron chi connectivity index (χ0n) is 12.5. The SMILES string of the molecule is CCCNc1nc(NC(CC)C(C)C)nc(OC)n1. The third kappa shape index (κ3) is 4.89. The summed E-state index contributed by atoms with van der Waals surface area (Å²) in [6.07, 6.45) is 2.03. The molecule has 1 unspecified atom stereocenters. The topological polar surface area (TPSA) is 72.0 Å². The van der Waals surface area contributed by atoms with Crippen LogP contribution in [0, 0.1) is 5.92 Å². The molecular formula is C13H25N5O. The van der Waals surface area contributed by atoms with Crippen LogP contribution in [0.3, 0.4) is 0 Å². The normalized spacial score (nSPS) is 12.3. The Kier molecular flexibility index (Phi) is 6.32. The van der Waals surface area contributed by atoms with Gasteiger partial charge in [0.25, 0.3) is 0 Å². The number of hydrogen-bond donors (Lipinski definition) is 2. The monoisotopic (exact) mass is 267 g/mol. The molecule has 108 valence electrons. The molecule has 2 N–H and O–H groups in total. The molecule has 1 aromatic rings. The van der Waals surface area contributed by atoms with Crippen LogP contribution in [-0.2, 0) is 0 Å². The fourth-order valence-corrected chi connectivity index (χ4v) is 1.73. The second-order valence-corrected chi connectivity index (χ2v) is 4.80. The summed E-state index contributed by atoms with van der Waals surface area (Å²) in [4.78, 5) is 12.8. The first-order valence-electron chi connectivity index (χ1n) is 6.91. The number of rotatable bonds is 8. The van der Waals surface area contributed by atoms with Gasteiger partial charge in [-0.1, -0.05) is 27.7 Å². The van der Waals surface area contributed by atoms with Crippen molar-refractivity contribution >= 4 is 11.9 Å². The highest BCUT2D eigenvalue weighted by atomic mass is 16.5. The van der Waals surface area contributed by atoms with Gasteiger partial charge in [-0.3, -0.25) is 0 Å². The Morgan fingerprint density at radius 1 is 1.11 bits per heavy atom. The number of ether oxygens (including phenoxy) is 1. The van der Waals surface area contributed by atoms with Gasteiger partial charge in [0.2, 0.25) is 11.9 Å². The Bertz CT molecular complexity index is 383. The number of nitrogens with zero attached hydrogens (tertiary/aromatic N) is 3. The molecule has 0 aliphatic heterocycles. The standard InChI is InChI=1S/C13H25N5O/c1-6-8-14-11-16-12(18-13(17-11)19-5)15-10(7-2)9(3)4/h9-10H,6-8H2,1-5H3,(H2,14,15,16,17,18). The van der Waals surface area contributed by atoms with E-state index in [4.69, 9.17) is 4.74 Å². The van der Waals surface area contributed by atoms with Gasteiger partial charge < -0.3 is 15.4 Å². The molecule has 6 nitrogen and oxygen atoms in total. The summed E-state index contributed by atoms with van der Waals surface area (Å²) < 4.78 is 5.11. The molecule has 0 aliphatic rings. The van der Waals surface area contributed by atoms with Crippen molar-refractivity contribution in [3.05, 3.63) is 0 Å². The molecule has 0 aliphatic carbocycles. The van der Waals surface area contributed by atoms with Crippen molar-refractivity contribution in [1.82, 2.24) is 15.0 Å². The fraction of sp³-hybridized carbons (Fsp3) is 0.769. The quantitative estimate of drug-likeness (QED) is 0.754. The van der Waals surface area contributed by atoms with Crippen LogP contribution in [0.25, 0.3) is 0 Å². The van der Waals surface area contributed by atoms with Gasteiger partial charge in [-0.15, -0.1) is 0 Å². The smallest absolute Gasteiger partial charge is 0.322 e. The lowest BCUT2D eigenvalue weighted by molar-refractivity contribution is 0.379. The van der Waals surface area contributed by atoms with Crippen LogP contribution in [0.1, 0.15) is 40.5 Å². The second-order valence-electron chi connectivity index (χ2n) is 4.80. The molecule has 0 amide bonds. The average molecular weight is 267 g/mol. The highest BCUT2D eigenvalue weighted by Crippen LogP contribution is 2.15. The molecule has 1 rings (SSSR count). The lowest BCUT2D eigenvalue weighted by Crippen LogP contribution is -2.26. The Labute approximate surface area is 115 Å². The molecule has 0 fully saturated rings. The van der Waals surface area contributed by atoms with E-state index >= 15 is 0 Å². The minimum Gasteiger partial charge on any atom is -0.467 e. The molecular weight excluding hydrogens is 242 g/mol. The van der Waals surface area contributed by atoms with Crippen LogP contribution in [0.4, 0.5) is 11.9 Å². The maximum absolute atomic E-state index is 5.11. The third-order valence-electron chi connectivity index (χ3n) is 2.89. The van der Waals surface area contributed by atoms with Crippen LogP contribution >= 0.6 is 0 Å². The molecule has 1 heterocycles. The van der Waals surface area contributed by atoms with Crippen molar-refractivity contribution in [3.63, 3.8) is 0 Å². The Morgan fingerprint density at radius 2 is 1.79 bits per heavy atom. The molecule has 1 atom stereocenters. The van der Waals surface area contributed by atoms with Gasteiger partial charge in [-0.05, 0) is 18.8 Å². The number of nitrogens with one attached hydrogen (secondary N) is 2. The van der Waals surface area contributed by atoms with Crippen molar-refractivity contribution in [2.75, 3.05) is 24.3 Å². The first kappa shape index (κ1) is 15.5. The average Bonchev–Trinajstić information content (AvgIpc) is 2.41. The van der Waals surface area contributed by atoms with E-state index < -0.39 is 0 Å². The van der Waals surface area contributed by atoms with Crippen LogP contribution in [0.5, 0.6) is 6.01 Å². The molecule has 1 aromatic heterocycles. The minimum atomic E-state index is 0.328. The number of aromatic nitrogens is 3. The van der Waals surface area contributed by atoms with E-state index in [0.717, 1.165) is 19.4 Å². The Balaban J connectivity index is 2.86. The Hall–Kier alpha value is -1.59. The van der Waals surface area contributed by atoms with Crippen molar-refractivity contribution in [3.8, 4) is 6.01 Å². The summed E-state index contributed by atoms with van der Waals surface area (Å²) in [5.74, 6) is 1.63. The summed E-state index contributed by atoms with van der Waals surface area (Å²) in [7, 11) is 1.56. The minimum absolute atomic E-state index is 0.328. The number of anilines is 2. The lowest BCUT2D eigenvalue weighted by Gasteiger charge is -2.20. The predicted molar refractivity (Wildman–Crippen MR) is 77.7 cm³/mol. The van der Waals surface area contributed by atoms with Crippen molar-refractivity contribution in [2.24, 2.45) is 5.92 Å². The molecule has 19 heavy (non-hydrogen) atoms. The van der Waals surface area contributed by atoms with Gasteiger partial charge in [0.15, 0.2) is 0 Å². The molecule has 0 saturated heterocycles. The fourth-order valence-electron chi connectivity index (χ4n) is 1.73. The van der Waals surface area contributed by atoms with Crippen molar-refractivity contribution in [2.45, 2.75) is 46.6 Å². The Morgan fingerprint density at radius 3 is 2.32 bits per heavy atom. The van der Waals surface area contributed by atoms with Gasteiger partial charge >= 0.3 is 6.01 Å². The predicted octanol–water partition coefficient (Wildman–Crippen LogP) is 2.55. The molecule has 0 bridgehead atoms. The van der Waals surface area contributed by atoms with Gasteiger partial charge in [0, 0.05) is 12.6 Å². The van der Waals surface area contributed by atoms with E-state index in [1.54, 1.807) is 7.11 Å². The summed E-state index contributed by atoms with van der Waals surface area (Å²) in [6.45, 7) is 9.42. The first-order valence-corrected chi connectivity index (χ1v) is 6.91. The van der Waals surface area contributed by atoms with Crippen LogP contribution in [0.15, 0.2) is 0 Å². The van der Waals surface area contributed by atoms with E-state index in [1.807, 2.05) is 0 Å². The van der Waals surface area contributed by atoms with Crippen LogP contribution in [0.2, 0.25) is 0 Å². The highest BCUT2D eigenvalue weighted by molar-refractivity contribution is 5.36. The molecule has 0 spiro atoms. The number of hydrogen-bond acceptors (Lipinski definition) is 6. The van der Waals surface area contributed by atoms with Crippen LogP contribution in [-0.4, -0.2) is 34.6 Å². The maximum atomic E-state index is 5.11. The summed E-state index contributed by atoms with van der Waals surface area (Å²) >= 11 is 0. The van der Waals surface area contributed by atoms with Crippen molar-refractivity contribution in [1.29, 1.82) is 0 Å². The first-order chi connectivity index (χ1) is 9.10. The largest absolute Gasteiger partial charge is 0.467 e. The van der Waals surface area contributed by atoms with E-state index in [-0.39, 0.29) is 0 Å². The number of methoxy groups -OCH3 is 1. The van der Waals surface area contributed by atoms with Crippen LogP contribution < -0.4 is 15.4 Å². The zero-order chi connectivity index (χ0) is 14.3. The van der Waals surface area contributed by atoms with E-state index in [0.29, 0.717) is 29.9 Å². The van der Waals surface area contributed by atoms with E-state index in [2.05, 4.69) is 53.3 Å². The molecule has 6 heteroatoms. The van der Waals surface area contributed by atoms with Crippen molar-refractivity contribution < 1.29 is 4.74 Å². The van der Waals surface area contributed by atoms with E-state index in [1.165, 1.54) is 0 Å². The lowest BCUT2D eigenvalue weighted by atomic mass is 10.0. The summed E-state index contributed by atoms with van der Waals surface area (Å²) in [5, 5.41) is 6.49. The van der Waals surface area contributed by atoms with Gasteiger partial charge in [-0.2, -0.15) is 15.0 Å².